The van der Waals surface area contributed by atoms with Crippen molar-refractivity contribution < 1.29 is 15.0 Å². The number of carbonyl (C=O) groups excluding carboxylic acids is 1. The molecule has 3 unspecified atom stereocenters. The van der Waals surface area contributed by atoms with Gasteiger partial charge in [0.2, 0.25) is 5.91 Å². The summed E-state index contributed by atoms with van der Waals surface area (Å²) in [5.74, 6) is -0.0276. The molecule has 202 valence electrons. The molecule has 0 rings (SSSR count). The first-order valence-electron chi connectivity index (χ1n) is 14.9. The third-order valence-corrected chi connectivity index (χ3v) is 6.93. The molecule has 0 heterocycles. The summed E-state index contributed by atoms with van der Waals surface area (Å²) in [6, 6.07) is -0.624. The Morgan fingerprint density at radius 2 is 1.18 bits per heavy atom. The minimum atomic E-state index is -0.839. The van der Waals surface area contributed by atoms with Crippen LogP contribution in [0.3, 0.4) is 0 Å². The van der Waals surface area contributed by atoms with Crippen LogP contribution in [0.5, 0.6) is 0 Å². The molecular weight excluding hydrogens is 422 g/mol. The van der Waals surface area contributed by atoms with Crippen LogP contribution in [-0.2, 0) is 4.79 Å². The number of amides is 1. The molecule has 0 aliphatic carbocycles. The second-order valence-electron chi connectivity index (χ2n) is 10.2. The summed E-state index contributed by atoms with van der Waals surface area (Å²) in [5, 5.41) is 23.1. The zero-order chi connectivity index (χ0) is 25.3. The quantitative estimate of drug-likeness (QED) is 0.0918. The van der Waals surface area contributed by atoms with Gasteiger partial charge in [0.25, 0.3) is 0 Å². The van der Waals surface area contributed by atoms with Crippen molar-refractivity contribution in [2.45, 2.75) is 161 Å². The molecule has 0 fully saturated rings. The fraction of sp³-hybridized carbons (Fsp3) is 0.900. The molecule has 0 saturated heterocycles. The lowest BCUT2D eigenvalue weighted by Gasteiger charge is -2.24. The predicted molar refractivity (Wildman–Crippen MR) is 147 cm³/mol. The molecule has 3 N–H and O–H groups in total. The zero-order valence-corrected chi connectivity index (χ0v) is 23.0. The standard InChI is InChI=1S/C30H59NO3/c1-4-7-10-12-13-14-15-16-17-18-19-20-22-25-29(33)28(26-32)31-30(34)27(23-9-6-3)24-21-11-8-5-2/h22,25,27-29,32-33H,4-21,23-24,26H2,1-3H3,(H,31,34). The van der Waals surface area contributed by atoms with Gasteiger partial charge in [0, 0.05) is 5.92 Å². The van der Waals surface area contributed by atoms with Crippen LogP contribution in [0.4, 0.5) is 0 Å². The molecule has 0 aliphatic heterocycles. The normalized spacial score (nSPS) is 14.4. The highest BCUT2D eigenvalue weighted by Gasteiger charge is 2.23. The molecule has 0 spiro atoms. The van der Waals surface area contributed by atoms with Crippen LogP contribution >= 0.6 is 0 Å². The van der Waals surface area contributed by atoms with Gasteiger partial charge in [-0.15, -0.1) is 0 Å². The number of nitrogens with one attached hydrogen (secondary N) is 1. The maximum Gasteiger partial charge on any atom is 0.223 e. The lowest BCUT2D eigenvalue weighted by molar-refractivity contribution is -0.127. The first-order chi connectivity index (χ1) is 16.6. The Bertz CT molecular complexity index is 466. The third kappa shape index (κ3) is 19.4. The Kier molecular flexibility index (Phi) is 24.6. The molecule has 0 radical (unpaired) electrons. The smallest absolute Gasteiger partial charge is 0.223 e. The van der Waals surface area contributed by atoms with Gasteiger partial charge in [-0.1, -0.05) is 136 Å². The monoisotopic (exact) mass is 481 g/mol. The number of carbonyl (C=O) groups is 1. The summed E-state index contributed by atoms with van der Waals surface area (Å²) in [5.41, 5.74) is 0. The minimum absolute atomic E-state index is 0.0122. The summed E-state index contributed by atoms with van der Waals surface area (Å²) < 4.78 is 0. The first-order valence-corrected chi connectivity index (χ1v) is 14.9. The Morgan fingerprint density at radius 3 is 1.71 bits per heavy atom. The molecule has 0 aromatic heterocycles. The molecule has 0 saturated carbocycles. The molecule has 4 heteroatoms. The molecule has 4 nitrogen and oxygen atoms in total. The molecule has 34 heavy (non-hydrogen) atoms. The van der Waals surface area contributed by atoms with E-state index >= 15 is 0 Å². The van der Waals surface area contributed by atoms with Gasteiger partial charge >= 0.3 is 0 Å². The van der Waals surface area contributed by atoms with Crippen LogP contribution in [0.1, 0.15) is 149 Å². The van der Waals surface area contributed by atoms with E-state index < -0.39 is 12.1 Å². The highest BCUT2D eigenvalue weighted by Crippen LogP contribution is 2.18. The largest absolute Gasteiger partial charge is 0.394 e. The zero-order valence-electron chi connectivity index (χ0n) is 23.0. The van der Waals surface area contributed by atoms with Gasteiger partial charge in [-0.25, -0.2) is 0 Å². The number of aliphatic hydroxyl groups is 2. The Balaban J connectivity index is 4.11. The van der Waals surface area contributed by atoms with E-state index in [1.807, 2.05) is 6.08 Å². The fourth-order valence-electron chi connectivity index (χ4n) is 4.51. The van der Waals surface area contributed by atoms with Gasteiger partial charge in [0.1, 0.15) is 0 Å². The minimum Gasteiger partial charge on any atom is -0.394 e. The third-order valence-electron chi connectivity index (χ3n) is 6.93. The summed E-state index contributed by atoms with van der Waals surface area (Å²) >= 11 is 0. The summed E-state index contributed by atoms with van der Waals surface area (Å²) in [6.07, 6.45) is 27.0. The number of aliphatic hydroxyl groups excluding tert-OH is 2. The van der Waals surface area contributed by atoms with E-state index in [4.69, 9.17) is 0 Å². The highest BCUT2D eigenvalue weighted by atomic mass is 16.3. The Hall–Kier alpha value is -0.870. The molecule has 0 aromatic carbocycles. The number of unbranched alkanes of at least 4 members (excludes halogenated alkanes) is 15. The summed E-state index contributed by atoms with van der Waals surface area (Å²) in [7, 11) is 0. The van der Waals surface area contributed by atoms with Crippen LogP contribution in [0.15, 0.2) is 12.2 Å². The summed E-state index contributed by atoms with van der Waals surface area (Å²) in [6.45, 7) is 6.36. The van der Waals surface area contributed by atoms with Crippen molar-refractivity contribution in [1.82, 2.24) is 5.32 Å². The van der Waals surface area contributed by atoms with Gasteiger partial charge < -0.3 is 15.5 Å². The average Bonchev–Trinajstić information content (AvgIpc) is 2.84. The van der Waals surface area contributed by atoms with Gasteiger partial charge in [0.05, 0.1) is 18.8 Å². The maximum absolute atomic E-state index is 12.8. The fourth-order valence-corrected chi connectivity index (χ4v) is 4.51. The number of hydrogen-bond acceptors (Lipinski definition) is 3. The van der Waals surface area contributed by atoms with Crippen LogP contribution < -0.4 is 5.32 Å². The second kappa shape index (κ2) is 25.2. The van der Waals surface area contributed by atoms with Crippen LogP contribution in [0.2, 0.25) is 0 Å². The van der Waals surface area contributed by atoms with Crippen molar-refractivity contribution in [3.05, 3.63) is 12.2 Å². The van der Waals surface area contributed by atoms with Crippen molar-refractivity contribution in [2.75, 3.05) is 6.61 Å². The van der Waals surface area contributed by atoms with Crippen molar-refractivity contribution in [3.63, 3.8) is 0 Å². The highest BCUT2D eigenvalue weighted by molar-refractivity contribution is 5.79. The molecule has 0 bridgehead atoms. The van der Waals surface area contributed by atoms with E-state index in [1.54, 1.807) is 6.08 Å². The summed E-state index contributed by atoms with van der Waals surface area (Å²) in [4.78, 5) is 12.8. The van der Waals surface area contributed by atoms with Gasteiger partial charge in [-0.3, -0.25) is 4.79 Å². The van der Waals surface area contributed by atoms with Crippen LogP contribution in [-0.4, -0.2) is 34.9 Å². The van der Waals surface area contributed by atoms with Crippen LogP contribution in [0.25, 0.3) is 0 Å². The van der Waals surface area contributed by atoms with Crippen molar-refractivity contribution in [1.29, 1.82) is 0 Å². The topological polar surface area (TPSA) is 69.6 Å². The van der Waals surface area contributed by atoms with E-state index in [-0.39, 0.29) is 18.4 Å². The van der Waals surface area contributed by atoms with Gasteiger partial charge in [-0.2, -0.15) is 0 Å². The first kappa shape index (κ1) is 33.1. The maximum atomic E-state index is 12.8. The molecule has 3 atom stereocenters. The number of hydrogen-bond donors (Lipinski definition) is 3. The van der Waals surface area contributed by atoms with E-state index in [9.17, 15) is 15.0 Å². The molecule has 0 aromatic rings. The van der Waals surface area contributed by atoms with Crippen molar-refractivity contribution in [2.24, 2.45) is 5.92 Å². The molecular formula is C30H59NO3. The van der Waals surface area contributed by atoms with Crippen LogP contribution in [0, 0.1) is 5.92 Å². The van der Waals surface area contributed by atoms with E-state index in [0.717, 1.165) is 44.9 Å². The molecule has 0 aliphatic rings. The van der Waals surface area contributed by atoms with E-state index in [2.05, 4.69) is 26.1 Å². The lowest BCUT2D eigenvalue weighted by Crippen LogP contribution is -2.47. The SMILES string of the molecule is CCCCCCCCCCCCCC=CC(O)C(CO)NC(=O)C(CCCC)CCCCCC. The Morgan fingerprint density at radius 1 is 0.706 bits per heavy atom. The van der Waals surface area contributed by atoms with Crippen molar-refractivity contribution in [3.8, 4) is 0 Å². The predicted octanol–water partition coefficient (Wildman–Crippen LogP) is 7.86. The van der Waals surface area contributed by atoms with Crippen molar-refractivity contribution >= 4 is 5.91 Å². The average molecular weight is 482 g/mol. The Labute approximate surface area is 212 Å². The van der Waals surface area contributed by atoms with Gasteiger partial charge in [-0.05, 0) is 25.7 Å². The van der Waals surface area contributed by atoms with E-state index in [1.165, 1.54) is 83.5 Å². The number of rotatable bonds is 25. The number of allylic oxidation sites excluding steroid dienone is 1. The van der Waals surface area contributed by atoms with Gasteiger partial charge in [0.15, 0.2) is 0 Å². The second-order valence-corrected chi connectivity index (χ2v) is 10.2. The lowest BCUT2D eigenvalue weighted by atomic mass is 9.94. The molecule has 1 amide bonds. The van der Waals surface area contributed by atoms with E-state index in [0.29, 0.717) is 0 Å².